The third-order valence-corrected chi connectivity index (χ3v) is 2.58. The summed E-state index contributed by atoms with van der Waals surface area (Å²) in [4.78, 5) is 13.7. The first-order chi connectivity index (χ1) is 8.42. The van der Waals surface area contributed by atoms with Crippen LogP contribution < -0.4 is 0 Å². The van der Waals surface area contributed by atoms with Crippen LogP contribution in [0.4, 0.5) is 4.79 Å². The molecule has 0 fully saturated rings. The molecule has 0 aliphatic heterocycles. The zero-order valence-corrected chi connectivity index (χ0v) is 12.7. The van der Waals surface area contributed by atoms with Crippen LogP contribution in [0.3, 0.4) is 0 Å². The van der Waals surface area contributed by atoms with Crippen LogP contribution in [0, 0.1) is 0 Å². The Hall–Kier alpha value is -1.03. The van der Waals surface area contributed by atoms with E-state index < -0.39 is 5.60 Å². The van der Waals surface area contributed by atoms with Gasteiger partial charge in [0.05, 0.1) is 0 Å². The van der Waals surface area contributed by atoms with Crippen LogP contribution in [0.5, 0.6) is 0 Å². The summed E-state index contributed by atoms with van der Waals surface area (Å²) in [5.41, 5.74) is 0.641. The van der Waals surface area contributed by atoms with Crippen molar-refractivity contribution >= 4 is 22.0 Å². The Kier molecular flexibility index (Phi) is 5.66. The topological polar surface area (TPSA) is 29.5 Å². The van der Waals surface area contributed by atoms with E-state index in [9.17, 15) is 4.79 Å². The molecule has 0 saturated carbocycles. The standard InChI is InChI=1S/C14H20BrNO2/c1-14(2,3)18-13(17)16(10-9-15)11-12-7-5-4-6-8-12/h4-8H,9-11H2,1-3H3. The number of ether oxygens (including phenoxy) is 1. The van der Waals surface area contributed by atoms with E-state index in [0.29, 0.717) is 13.1 Å². The van der Waals surface area contributed by atoms with Gasteiger partial charge in [0, 0.05) is 18.4 Å². The Morgan fingerprint density at radius 2 is 1.89 bits per heavy atom. The molecule has 18 heavy (non-hydrogen) atoms. The number of amides is 1. The predicted octanol–water partition coefficient (Wildman–Crippen LogP) is 3.82. The molecule has 4 heteroatoms. The number of halogens is 1. The lowest BCUT2D eigenvalue weighted by Crippen LogP contribution is -2.37. The molecule has 100 valence electrons. The molecule has 0 spiro atoms. The van der Waals surface area contributed by atoms with Gasteiger partial charge in [-0.25, -0.2) is 4.79 Å². The third kappa shape index (κ3) is 5.54. The number of hydrogen-bond donors (Lipinski definition) is 0. The number of carbonyl (C=O) groups is 1. The first-order valence-electron chi connectivity index (χ1n) is 6.00. The van der Waals surface area contributed by atoms with Gasteiger partial charge in [0.15, 0.2) is 0 Å². The maximum absolute atomic E-state index is 12.0. The van der Waals surface area contributed by atoms with E-state index in [0.717, 1.165) is 10.9 Å². The molecule has 0 aliphatic rings. The number of nitrogens with zero attached hydrogens (tertiary/aromatic N) is 1. The molecule has 0 bridgehead atoms. The Morgan fingerprint density at radius 1 is 1.28 bits per heavy atom. The molecule has 3 nitrogen and oxygen atoms in total. The molecule has 0 N–H and O–H groups in total. The molecule has 0 atom stereocenters. The van der Waals surface area contributed by atoms with Gasteiger partial charge < -0.3 is 9.64 Å². The normalized spacial score (nSPS) is 11.1. The van der Waals surface area contributed by atoms with Crippen molar-refractivity contribution in [2.75, 3.05) is 11.9 Å². The summed E-state index contributed by atoms with van der Waals surface area (Å²) in [6.07, 6.45) is -0.272. The fourth-order valence-corrected chi connectivity index (χ4v) is 1.90. The predicted molar refractivity (Wildman–Crippen MR) is 76.9 cm³/mol. The van der Waals surface area contributed by atoms with Crippen LogP contribution in [0.15, 0.2) is 30.3 Å². The summed E-state index contributed by atoms with van der Waals surface area (Å²) in [6, 6.07) is 9.91. The lowest BCUT2D eigenvalue weighted by atomic mass is 10.2. The average Bonchev–Trinajstić information content (AvgIpc) is 2.27. The van der Waals surface area contributed by atoms with Crippen LogP contribution in [-0.2, 0) is 11.3 Å². The lowest BCUT2D eigenvalue weighted by Gasteiger charge is -2.27. The minimum absolute atomic E-state index is 0.272. The summed E-state index contributed by atoms with van der Waals surface area (Å²) in [6.45, 7) is 6.82. The first-order valence-corrected chi connectivity index (χ1v) is 7.12. The van der Waals surface area contributed by atoms with Crippen molar-refractivity contribution in [1.29, 1.82) is 0 Å². The minimum atomic E-state index is -0.460. The zero-order valence-electron chi connectivity index (χ0n) is 11.1. The summed E-state index contributed by atoms with van der Waals surface area (Å²) in [5, 5.41) is 0.735. The number of benzene rings is 1. The Morgan fingerprint density at radius 3 is 2.39 bits per heavy atom. The van der Waals surface area contributed by atoms with E-state index in [-0.39, 0.29) is 6.09 Å². The monoisotopic (exact) mass is 313 g/mol. The maximum atomic E-state index is 12.0. The van der Waals surface area contributed by atoms with E-state index in [1.54, 1.807) is 4.90 Å². The van der Waals surface area contributed by atoms with Gasteiger partial charge in [0.2, 0.25) is 0 Å². The lowest BCUT2D eigenvalue weighted by molar-refractivity contribution is 0.0247. The summed E-state index contributed by atoms with van der Waals surface area (Å²) in [7, 11) is 0. The fraction of sp³-hybridized carbons (Fsp3) is 0.500. The third-order valence-electron chi connectivity index (χ3n) is 2.22. The van der Waals surface area contributed by atoms with Crippen LogP contribution in [0.1, 0.15) is 26.3 Å². The molecule has 0 aromatic heterocycles. The van der Waals surface area contributed by atoms with Gasteiger partial charge in [-0.15, -0.1) is 0 Å². The van der Waals surface area contributed by atoms with Gasteiger partial charge in [-0.1, -0.05) is 46.3 Å². The smallest absolute Gasteiger partial charge is 0.410 e. The average molecular weight is 314 g/mol. The molecule has 1 aromatic carbocycles. The molecular weight excluding hydrogens is 294 g/mol. The molecule has 1 amide bonds. The molecule has 1 aromatic rings. The highest BCUT2D eigenvalue weighted by Gasteiger charge is 2.21. The van der Waals surface area contributed by atoms with Crippen molar-refractivity contribution in [3.8, 4) is 0 Å². The number of carbonyl (C=O) groups excluding carboxylic acids is 1. The van der Waals surface area contributed by atoms with Gasteiger partial charge in [0.25, 0.3) is 0 Å². The van der Waals surface area contributed by atoms with Gasteiger partial charge >= 0.3 is 6.09 Å². The Balaban J connectivity index is 2.68. The highest BCUT2D eigenvalue weighted by Crippen LogP contribution is 2.12. The molecule has 0 saturated heterocycles. The Bertz CT molecular complexity index is 373. The second-order valence-corrected chi connectivity index (χ2v) is 5.87. The van der Waals surface area contributed by atoms with Crippen molar-refractivity contribution < 1.29 is 9.53 Å². The van der Waals surface area contributed by atoms with E-state index in [1.807, 2.05) is 51.1 Å². The molecule has 0 heterocycles. The van der Waals surface area contributed by atoms with Gasteiger partial charge in [-0.2, -0.15) is 0 Å². The second-order valence-electron chi connectivity index (χ2n) is 5.08. The van der Waals surface area contributed by atoms with E-state index >= 15 is 0 Å². The molecule has 0 unspecified atom stereocenters. The zero-order chi connectivity index (χ0) is 13.6. The summed E-state index contributed by atoms with van der Waals surface area (Å²) < 4.78 is 5.39. The highest BCUT2D eigenvalue weighted by atomic mass is 79.9. The Labute approximate surface area is 117 Å². The van der Waals surface area contributed by atoms with Crippen LogP contribution in [-0.4, -0.2) is 28.5 Å². The van der Waals surface area contributed by atoms with E-state index in [2.05, 4.69) is 15.9 Å². The van der Waals surface area contributed by atoms with Gasteiger partial charge in [-0.3, -0.25) is 0 Å². The van der Waals surface area contributed by atoms with Gasteiger partial charge in [0.1, 0.15) is 5.60 Å². The summed E-state index contributed by atoms with van der Waals surface area (Å²) in [5.74, 6) is 0. The first kappa shape index (κ1) is 15.0. The van der Waals surface area contributed by atoms with Crippen LogP contribution in [0.25, 0.3) is 0 Å². The van der Waals surface area contributed by atoms with Crippen LogP contribution in [0.2, 0.25) is 0 Å². The van der Waals surface area contributed by atoms with Crippen molar-refractivity contribution in [2.45, 2.75) is 32.9 Å². The largest absolute Gasteiger partial charge is 0.444 e. The molecule has 0 radical (unpaired) electrons. The SMILES string of the molecule is CC(C)(C)OC(=O)N(CCBr)Cc1ccccc1. The van der Waals surface area contributed by atoms with E-state index in [4.69, 9.17) is 4.74 Å². The molecular formula is C14H20BrNO2. The quantitative estimate of drug-likeness (QED) is 0.791. The fourth-order valence-electron chi connectivity index (χ4n) is 1.47. The highest BCUT2D eigenvalue weighted by molar-refractivity contribution is 9.09. The van der Waals surface area contributed by atoms with Gasteiger partial charge in [-0.05, 0) is 26.3 Å². The maximum Gasteiger partial charge on any atom is 0.410 e. The number of alkyl halides is 1. The molecule has 1 rings (SSSR count). The summed E-state index contributed by atoms with van der Waals surface area (Å²) >= 11 is 3.36. The van der Waals surface area contributed by atoms with Crippen LogP contribution >= 0.6 is 15.9 Å². The van der Waals surface area contributed by atoms with Crippen molar-refractivity contribution in [3.63, 3.8) is 0 Å². The van der Waals surface area contributed by atoms with Crippen molar-refractivity contribution in [3.05, 3.63) is 35.9 Å². The molecule has 0 aliphatic carbocycles. The van der Waals surface area contributed by atoms with Crippen molar-refractivity contribution in [1.82, 2.24) is 4.90 Å². The second kappa shape index (κ2) is 6.78. The van der Waals surface area contributed by atoms with E-state index in [1.165, 1.54) is 0 Å². The van der Waals surface area contributed by atoms with Crippen molar-refractivity contribution in [2.24, 2.45) is 0 Å². The number of rotatable bonds is 4. The number of hydrogen-bond acceptors (Lipinski definition) is 2. The minimum Gasteiger partial charge on any atom is -0.444 e.